The molecular weight excluding hydrogens is 312 g/mol. The molecule has 5 nitrogen and oxygen atoms in total. The molecule has 1 amide bonds. The average molecular weight is 334 g/mol. The van der Waals surface area contributed by atoms with Crippen LogP contribution in [0.15, 0.2) is 42.6 Å². The standard InChI is InChI=1S/C20H22N4O/c25-19-9-5-4-8-16(22-19)10-11-18-23-17-12-15(13-21-20(17)24-18)14-6-2-1-3-7-14/h1-3,6-7,12-13,16H,4-5,8-11H2,(H,22,25)(H,21,23,24). The second-order valence-corrected chi connectivity index (χ2v) is 6.69. The number of carbonyl (C=O) groups excluding carboxylic acids is 1. The molecule has 5 heteroatoms. The maximum absolute atomic E-state index is 11.7. The highest BCUT2D eigenvalue weighted by molar-refractivity contribution is 5.78. The molecule has 0 aliphatic carbocycles. The van der Waals surface area contributed by atoms with Crippen LogP contribution in [0.1, 0.15) is 37.9 Å². The third-order valence-electron chi connectivity index (χ3n) is 4.79. The van der Waals surface area contributed by atoms with Gasteiger partial charge in [0, 0.05) is 30.6 Å². The minimum atomic E-state index is 0.182. The van der Waals surface area contributed by atoms with E-state index in [0.717, 1.165) is 60.2 Å². The van der Waals surface area contributed by atoms with Crippen molar-refractivity contribution in [1.82, 2.24) is 20.3 Å². The van der Waals surface area contributed by atoms with E-state index in [1.54, 1.807) is 0 Å². The number of aromatic amines is 1. The van der Waals surface area contributed by atoms with Gasteiger partial charge >= 0.3 is 0 Å². The minimum absolute atomic E-state index is 0.182. The van der Waals surface area contributed by atoms with Gasteiger partial charge in [0.1, 0.15) is 5.82 Å². The highest BCUT2D eigenvalue weighted by Gasteiger charge is 2.17. The summed E-state index contributed by atoms with van der Waals surface area (Å²) >= 11 is 0. The van der Waals surface area contributed by atoms with Crippen molar-refractivity contribution >= 4 is 17.1 Å². The van der Waals surface area contributed by atoms with Gasteiger partial charge in [-0.3, -0.25) is 4.79 Å². The Morgan fingerprint density at radius 2 is 2.00 bits per heavy atom. The number of nitrogens with zero attached hydrogens (tertiary/aromatic N) is 2. The monoisotopic (exact) mass is 334 g/mol. The Hall–Kier alpha value is -2.69. The first-order valence-corrected chi connectivity index (χ1v) is 8.97. The van der Waals surface area contributed by atoms with E-state index in [1.807, 2.05) is 24.4 Å². The summed E-state index contributed by atoms with van der Waals surface area (Å²) in [5, 5.41) is 3.12. The molecule has 1 aliphatic rings. The molecule has 0 radical (unpaired) electrons. The van der Waals surface area contributed by atoms with Crippen molar-refractivity contribution in [3.63, 3.8) is 0 Å². The number of carbonyl (C=O) groups is 1. The number of aryl methyl sites for hydroxylation is 1. The summed E-state index contributed by atoms with van der Waals surface area (Å²) in [4.78, 5) is 24.1. The van der Waals surface area contributed by atoms with Crippen LogP contribution in [0, 0.1) is 0 Å². The van der Waals surface area contributed by atoms with Crippen molar-refractivity contribution in [3.8, 4) is 11.1 Å². The molecule has 1 aliphatic heterocycles. The molecule has 25 heavy (non-hydrogen) atoms. The van der Waals surface area contributed by atoms with E-state index in [-0.39, 0.29) is 11.9 Å². The van der Waals surface area contributed by atoms with Gasteiger partial charge in [0.25, 0.3) is 0 Å². The SMILES string of the molecule is O=C1CCCCC(CCc2nc3ncc(-c4ccccc4)cc3[nH]2)N1. The molecule has 2 N–H and O–H groups in total. The molecule has 1 unspecified atom stereocenters. The van der Waals surface area contributed by atoms with Crippen LogP contribution in [-0.4, -0.2) is 26.9 Å². The lowest BCUT2D eigenvalue weighted by Crippen LogP contribution is -2.33. The van der Waals surface area contributed by atoms with Gasteiger partial charge in [-0.2, -0.15) is 0 Å². The van der Waals surface area contributed by atoms with Crippen LogP contribution in [0.5, 0.6) is 0 Å². The Morgan fingerprint density at radius 3 is 2.88 bits per heavy atom. The summed E-state index contributed by atoms with van der Waals surface area (Å²) in [5.41, 5.74) is 3.94. The predicted octanol–water partition coefficient (Wildman–Crippen LogP) is 3.62. The lowest BCUT2D eigenvalue weighted by Gasteiger charge is -2.14. The molecule has 0 bridgehead atoms. The molecule has 1 aromatic carbocycles. The molecule has 1 saturated heterocycles. The van der Waals surface area contributed by atoms with E-state index in [2.05, 4.69) is 38.5 Å². The van der Waals surface area contributed by atoms with E-state index in [0.29, 0.717) is 6.42 Å². The van der Waals surface area contributed by atoms with Gasteiger partial charge in [-0.15, -0.1) is 0 Å². The third kappa shape index (κ3) is 3.71. The van der Waals surface area contributed by atoms with Crippen LogP contribution >= 0.6 is 0 Å². The van der Waals surface area contributed by atoms with Crippen LogP contribution in [0.25, 0.3) is 22.3 Å². The number of aromatic nitrogens is 3. The summed E-state index contributed by atoms with van der Waals surface area (Å²) in [6.45, 7) is 0. The van der Waals surface area contributed by atoms with Gasteiger partial charge < -0.3 is 10.3 Å². The fourth-order valence-electron chi connectivity index (χ4n) is 3.43. The maximum atomic E-state index is 11.7. The summed E-state index contributed by atoms with van der Waals surface area (Å²) in [6, 6.07) is 12.6. The molecule has 4 rings (SSSR count). The quantitative estimate of drug-likeness (QED) is 0.765. The Kier molecular flexibility index (Phi) is 4.46. The fraction of sp³-hybridized carbons (Fsp3) is 0.350. The Bertz CT molecular complexity index is 872. The number of hydrogen-bond donors (Lipinski definition) is 2. The van der Waals surface area contributed by atoms with E-state index >= 15 is 0 Å². The first-order chi connectivity index (χ1) is 12.3. The van der Waals surface area contributed by atoms with E-state index < -0.39 is 0 Å². The molecule has 0 spiro atoms. The zero-order valence-corrected chi connectivity index (χ0v) is 14.2. The number of amides is 1. The van der Waals surface area contributed by atoms with Crippen LogP contribution in [-0.2, 0) is 11.2 Å². The predicted molar refractivity (Wildman–Crippen MR) is 98.0 cm³/mol. The van der Waals surface area contributed by atoms with Gasteiger partial charge in [0.15, 0.2) is 5.65 Å². The Morgan fingerprint density at radius 1 is 1.12 bits per heavy atom. The van der Waals surface area contributed by atoms with Crippen molar-refractivity contribution in [2.75, 3.05) is 0 Å². The number of benzene rings is 1. The zero-order chi connectivity index (χ0) is 17.1. The normalized spacial score (nSPS) is 18.1. The highest BCUT2D eigenvalue weighted by atomic mass is 16.1. The minimum Gasteiger partial charge on any atom is -0.353 e. The fourth-order valence-corrected chi connectivity index (χ4v) is 3.43. The first kappa shape index (κ1) is 15.8. The van der Waals surface area contributed by atoms with Crippen LogP contribution in [0.3, 0.4) is 0 Å². The largest absolute Gasteiger partial charge is 0.353 e. The summed E-state index contributed by atoms with van der Waals surface area (Å²) in [6.07, 6.45) is 7.44. The summed E-state index contributed by atoms with van der Waals surface area (Å²) < 4.78 is 0. The van der Waals surface area contributed by atoms with Gasteiger partial charge in [-0.25, -0.2) is 9.97 Å². The number of fused-ring (bicyclic) bond motifs is 1. The molecule has 0 saturated carbocycles. The van der Waals surface area contributed by atoms with Crippen molar-refractivity contribution < 1.29 is 4.79 Å². The highest BCUT2D eigenvalue weighted by Crippen LogP contribution is 2.22. The second-order valence-electron chi connectivity index (χ2n) is 6.69. The topological polar surface area (TPSA) is 70.7 Å². The number of H-pyrrole nitrogens is 1. The molecule has 128 valence electrons. The summed E-state index contributed by atoms with van der Waals surface area (Å²) in [5.74, 6) is 1.12. The lowest BCUT2D eigenvalue weighted by atomic mass is 10.1. The molecule has 1 atom stereocenters. The first-order valence-electron chi connectivity index (χ1n) is 8.97. The van der Waals surface area contributed by atoms with Crippen molar-refractivity contribution in [1.29, 1.82) is 0 Å². The van der Waals surface area contributed by atoms with Gasteiger partial charge in [-0.1, -0.05) is 36.8 Å². The van der Waals surface area contributed by atoms with E-state index in [9.17, 15) is 4.79 Å². The van der Waals surface area contributed by atoms with Crippen molar-refractivity contribution in [2.24, 2.45) is 0 Å². The number of hydrogen-bond acceptors (Lipinski definition) is 3. The lowest BCUT2D eigenvalue weighted by molar-refractivity contribution is -0.121. The average Bonchev–Trinajstić information content (AvgIpc) is 2.94. The van der Waals surface area contributed by atoms with Gasteiger partial charge in [0.05, 0.1) is 5.52 Å². The molecular formula is C20H22N4O. The van der Waals surface area contributed by atoms with E-state index in [1.165, 1.54) is 0 Å². The molecule has 3 aromatic rings. The smallest absolute Gasteiger partial charge is 0.220 e. The number of imidazole rings is 1. The number of nitrogens with one attached hydrogen (secondary N) is 2. The Balaban J connectivity index is 1.48. The van der Waals surface area contributed by atoms with E-state index in [4.69, 9.17) is 0 Å². The zero-order valence-electron chi connectivity index (χ0n) is 14.2. The number of rotatable bonds is 4. The van der Waals surface area contributed by atoms with Crippen molar-refractivity contribution in [3.05, 3.63) is 48.4 Å². The molecule has 1 fully saturated rings. The molecule has 2 aromatic heterocycles. The van der Waals surface area contributed by atoms with Gasteiger partial charge in [0.2, 0.25) is 5.91 Å². The van der Waals surface area contributed by atoms with Crippen LogP contribution in [0.2, 0.25) is 0 Å². The van der Waals surface area contributed by atoms with Gasteiger partial charge in [-0.05, 0) is 30.9 Å². The third-order valence-corrected chi connectivity index (χ3v) is 4.79. The summed E-state index contributed by atoms with van der Waals surface area (Å²) in [7, 11) is 0. The van der Waals surface area contributed by atoms with Crippen LogP contribution in [0.4, 0.5) is 0 Å². The maximum Gasteiger partial charge on any atom is 0.220 e. The number of pyridine rings is 1. The van der Waals surface area contributed by atoms with Crippen LogP contribution < -0.4 is 5.32 Å². The molecule has 3 heterocycles. The second kappa shape index (κ2) is 7.05. The van der Waals surface area contributed by atoms with Crippen molar-refractivity contribution in [2.45, 2.75) is 44.6 Å². The Labute approximate surface area is 146 Å².